The highest BCUT2D eigenvalue weighted by molar-refractivity contribution is 6.33. The van der Waals surface area contributed by atoms with E-state index < -0.39 is 6.04 Å². The second kappa shape index (κ2) is 9.76. The molecule has 7 heteroatoms. The minimum atomic E-state index is -0.683. The highest BCUT2D eigenvalue weighted by atomic mass is 35.5. The van der Waals surface area contributed by atoms with Crippen molar-refractivity contribution in [3.8, 4) is 0 Å². The highest BCUT2D eigenvalue weighted by Gasteiger charge is 2.25. The van der Waals surface area contributed by atoms with Crippen LogP contribution in [0.4, 0.5) is 11.4 Å². The monoisotopic (exact) mass is 415 g/mol. The standard InChI is InChI=1S/C22H26ClN3O3/c1-15(2)20(25-21(27)18-5-3-4-6-19(18)23)22(28)24-16-7-9-17(10-8-16)26-11-13-29-14-12-26/h3-10,15,20H,11-14H2,1-2H3,(H,24,28)(H,25,27). The number of halogens is 1. The lowest BCUT2D eigenvalue weighted by Gasteiger charge is -2.29. The average molecular weight is 416 g/mol. The predicted octanol–water partition coefficient (Wildman–Crippen LogP) is 3.57. The number of carbonyl (C=O) groups is 2. The lowest BCUT2D eigenvalue weighted by atomic mass is 10.0. The van der Waals surface area contributed by atoms with Gasteiger partial charge >= 0.3 is 0 Å². The molecule has 0 aromatic heterocycles. The third-order valence-corrected chi connectivity index (χ3v) is 5.19. The van der Waals surface area contributed by atoms with Crippen LogP contribution in [0.15, 0.2) is 48.5 Å². The third-order valence-electron chi connectivity index (χ3n) is 4.87. The number of ether oxygens (including phenoxy) is 1. The molecule has 0 saturated carbocycles. The molecule has 0 radical (unpaired) electrons. The van der Waals surface area contributed by atoms with Gasteiger partial charge in [-0.25, -0.2) is 0 Å². The van der Waals surface area contributed by atoms with Crippen LogP contribution in [-0.2, 0) is 9.53 Å². The Bertz CT molecular complexity index is 849. The summed E-state index contributed by atoms with van der Waals surface area (Å²) in [5.74, 6) is -0.722. The summed E-state index contributed by atoms with van der Waals surface area (Å²) < 4.78 is 5.38. The first kappa shape index (κ1) is 21.1. The van der Waals surface area contributed by atoms with Crippen LogP contribution in [-0.4, -0.2) is 44.2 Å². The van der Waals surface area contributed by atoms with Crippen LogP contribution in [0, 0.1) is 5.92 Å². The molecule has 0 spiro atoms. The number of amides is 2. The summed E-state index contributed by atoms with van der Waals surface area (Å²) >= 11 is 6.10. The van der Waals surface area contributed by atoms with Crippen molar-refractivity contribution in [2.24, 2.45) is 5.92 Å². The predicted molar refractivity (Wildman–Crippen MR) is 116 cm³/mol. The van der Waals surface area contributed by atoms with Gasteiger partial charge in [0, 0.05) is 24.5 Å². The van der Waals surface area contributed by atoms with E-state index in [0.717, 1.165) is 32.0 Å². The number of morpholine rings is 1. The molecule has 29 heavy (non-hydrogen) atoms. The topological polar surface area (TPSA) is 70.7 Å². The Balaban J connectivity index is 1.65. The van der Waals surface area contributed by atoms with Crippen LogP contribution in [0.25, 0.3) is 0 Å². The van der Waals surface area contributed by atoms with Crippen LogP contribution < -0.4 is 15.5 Å². The lowest BCUT2D eigenvalue weighted by molar-refractivity contribution is -0.118. The highest BCUT2D eigenvalue weighted by Crippen LogP contribution is 2.20. The lowest BCUT2D eigenvalue weighted by Crippen LogP contribution is -2.47. The maximum Gasteiger partial charge on any atom is 0.253 e. The van der Waals surface area contributed by atoms with Gasteiger partial charge < -0.3 is 20.3 Å². The van der Waals surface area contributed by atoms with Gasteiger partial charge in [-0.15, -0.1) is 0 Å². The van der Waals surface area contributed by atoms with Gasteiger partial charge in [-0.2, -0.15) is 0 Å². The Morgan fingerprint density at radius 3 is 2.31 bits per heavy atom. The largest absolute Gasteiger partial charge is 0.378 e. The Labute approximate surface area is 176 Å². The molecule has 1 heterocycles. The molecule has 1 atom stereocenters. The SMILES string of the molecule is CC(C)C(NC(=O)c1ccccc1Cl)C(=O)Nc1ccc(N2CCOCC2)cc1. The summed E-state index contributed by atoms with van der Waals surface area (Å²) in [4.78, 5) is 27.6. The molecule has 0 bridgehead atoms. The van der Waals surface area contributed by atoms with Crippen LogP contribution in [0.3, 0.4) is 0 Å². The Morgan fingerprint density at radius 2 is 1.69 bits per heavy atom. The maximum absolute atomic E-state index is 12.8. The number of hydrogen-bond acceptors (Lipinski definition) is 4. The van der Waals surface area contributed by atoms with E-state index in [4.69, 9.17) is 16.3 Å². The van der Waals surface area contributed by atoms with E-state index >= 15 is 0 Å². The van der Waals surface area contributed by atoms with Crippen LogP contribution in [0.1, 0.15) is 24.2 Å². The van der Waals surface area contributed by atoms with E-state index in [9.17, 15) is 9.59 Å². The van der Waals surface area contributed by atoms with E-state index in [1.807, 2.05) is 38.1 Å². The second-order valence-electron chi connectivity index (χ2n) is 7.31. The molecule has 1 saturated heterocycles. The van der Waals surface area contributed by atoms with Gasteiger partial charge in [-0.1, -0.05) is 37.6 Å². The maximum atomic E-state index is 12.8. The van der Waals surface area contributed by atoms with Crippen molar-refractivity contribution in [2.45, 2.75) is 19.9 Å². The van der Waals surface area contributed by atoms with E-state index in [0.29, 0.717) is 16.3 Å². The number of hydrogen-bond donors (Lipinski definition) is 2. The number of nitrogens with zero attached hydrogens (tertiary/aromatic N) is 1. The molecule has 3 rings (SSSR count). The molecule has 1 unspecified atom stereocenters. The van der Waals surface area contributed by atoms with Crippen molar-refractivity contribution < 1.29 is 14.3 Å². The molecular formula is C22H26ClN3O3. The quantitative estimate of drug-likeness (QED) is 0.756. The number of carbonyl (C=O) groups excluding carboxylic acids is 2. The number of benzene rings is 2. The summed E-state index contributed by atoms with van der Waals surface area (Å²) in [5, 5.41) is 6.05. The van der Waals surface area contributed by atoms with Crippen molar-refractivity contribution >= 4 is 34.8 Å². The van der Waals surface area contributed by atoms with Gasteiger partial charge in [0.15, 0.2) is 0 Å². The molecule has 2 amide bonds. The van der Waals surface area contributed by atoms with Crippen molar-refractivity contribution in [3.05, 3.63) is 59.1 Å². The van der Waals surface area contributed by atoms with Gasteiger partial charge in [0.2, 0.25) is 5.91 Å². The van der Waals surface area contributed by atoms with Crippen molar-refractivity contribution in [2.75, 3.05) is 36.5 Å². The third kappa shape index (κ3) is 5.49. The Hall–Kier alpha value is -2.57. The fourth-order valence-corrected chi connectivity index (χ4v) is 3.42. The molecule has 2 N–H and O–H groups in total. The van der Waals surface area contributed by atoms with Crippen LogP contribution >= 0.6 is 11.6 Å². The minimum Gasteiger partial charge on any atom is -0.378 e. The van der Waals surface area contributed by atoms with Gasteiger partial charge in [-0.05, 0) is 42.3 Å². The first-order valence-electron chi connectivity index (χ1n) is 9.74. The normalized spacial score (nSPS) is 15.1. The van der Waals surface area contributed by atoms with E-state index in [-0.39, 0.29) is 17.7 Å². The number of rotatable bonds is 6. The summed E-state index contributed by atoms with van der Waals surface area (Å²) in [7, 11) is 0. The van der Waals surface area contributed by atoms with E-state index in [2.05, 4.69) is 15.5 Å². The molecule has 154 valence electrons. The second-order valence-corrected chi connectivity index (χ2v) is 7.72. The zero-order valence-corrected chi connectivity index (χ0v) is 17.4. The van der Waals surface area contributed by atoms with Crippen molar-refractivity contribution in [3.63, 3.8) is 0 Å². The van der Waals surface area contributed by atoms with Gasteiger partial charge in [-0.3, -0.25) is 9.59 Å². The molecule has 1 aliphatic rings. The van der Waals surface area contributed by atoms with Gasteiger partial charge in [0.25, 0.3) is 5.91 Å². The summed E-state index contributed by atoms with van der Waals surface area (Å²) in [6, 6.07) is 13.8. The summed E-state index contributed by atoms with van der Waals surface area (Å²) in [5.41, 5.74) is 2.13. The Morgan fingerprint density at radius 1 is 1.03 bits per heavy atom. The smallest absolute Gasteiger partial charge is 0.253 e. The van der Waals surface area contributed by atoms with Crippen LogP contribution in [0.5, 0.6) is 0 Å². The van der Waals surface area contributed by atoms with Crippen molar-refractivity contribution in [1.82, 2.24) is 5.32 Å². The Kier molecular flexibility index (Phi) is 7.12. The zero-order valence-electron chi connectivity index (χ0n) is 16.7. The van der Waals surface area contributed by atoms with E-state index in [1.54, 1.807) is 24.3 Å². The fraction of sp³-hybridized carbons (Fsp3) is 0.364. The number of anilines is 2. The molecule has 0 aliphatic carbocycles. The van der Waals surface area contributed by atoms with Gasteiger partial charge in [0.1, 0.15) is 6.04 Å². The average Bonchev–Trinajstić information content (AvgIpc) is 2.73. The molecule has 2 aromatic rings. The molecular weight excluding hydrogens is 390 g/mol. The first-order chi connectivity index (χ1) is 14.0. The van der Waals surface area contributed by atoms with Gasteiger partial charge in [0.05, 0.1) is 23.8 Å². The first-order valence-corrected chi connectivity index (χ1v) is 10.1. The van der Waals surface area contributed by atoms with Crippen molar-refractivity contribution in [1.29, 1.82) is 0 Å². The molecule has 1 aliphatic heterocycles. The summed E-state index contributed by atoms with van der Waals surface area (Å²) in [6.07, 6.45) is 0. The molecule has 2 aromatic carbocycles. The fourth-order valence-electron chi connectivity index (χ4n) is 3.20. The molecule has 1 fully saturated rings. The van der Waals surface area contributed by atoms with E-state index in [1.165, 1.54) is 0 Å². The number of nitrogens with one attached hydrogen (secondary N) is 2. The minimum absolute atomic E-state index is 0.0888. The molecule has 6 nitrogen and oxygen atoms in total. The summed E-state index contributed by atoms with van der Waals surface area (Å²) in [6.45, 7) is 6.93. The zero-order chi connectivity index (χ0) is 20.8. The van der Waals surface area contributed by atoms with Crippen LogP contribution in [0.2, 0.25) is 5.02 Å².